The van der Waals surface area contributed by atoms with Gasteiger partial charge in [-0.25, -0.2) is 4.39 Å². The lowest BCUT2D eigenvalue weighted by atomic mass is 9.98. The summed E-state index contributed by atoms with van der Waals surface area (Å²) in [7, 11) is 0. The SMILES string of the molecule is N=C(N)CC(=O)OCc1cccc(N2CCCN(C(=O)C3CCOCC3)CC2)c1F. The van der Waals surface area contributed by atoms with Gasteiger partial charge in [-0.3, -0.25) is 15.0 Å². The van der Waals surface area contributed by atoms with Gasteiger partial charge in [0.15, 0.2) is 5.82 Å². The summed E-state index contributed by atoms with van der Waals surface area (Å²) in [4.78, 5) is 28.2. The number of nitrogens with zero attached hydrogens (tertiary/aromatic N) is 2. The number of nitrogens with two attached hydrogens (primary N) is 1. The van der Waals surface area contributed by atoms with E-state index < -0.39 is 11.8 Å². The van der Waals surface area contributed by atoms with Crippen LogP contribution in [0.3, 0.4) is 0 Å². The standard InChI is InChI=1S/C21H29FN4O4/c22-20-16(14-30-19(27)13-18(23)24)3-1-4-17(20)25-7-2-8-26(10-9-25)21(28)15-5-11-29-12-6-15/h1,3-4,15H,2,5-14H2,(H3,23,24). The number of amides is 1. The van der Waals surface area contributed by atoms with Gasteiger partial charge in [0, 0.05) is 50.9 Å². The quantitative estimate of drug-likeness (QED) is 0.412. The molecule has 0 atom stereocenters. The van der Waals surface area contributed by atoms with E-state index >= 15 is 4.39 Å². The van der Waals surface area contributed by atoms with Gasteiger partial charge in [-0.1, -0.05) is 12.1 Å². The Morgan fingerprint density at radius 3 is 2.70 bits per heavy atom. The molecule has 2 fully saturated rings. The van der Waals surface area contributed by atoms with Crippen molar-refractivity contribution in [1.29, 1.82) is 5.41 Å². The van der Waals surface area contributed by atoms with Gasteiger partial charge in [0.25, 0.3) is 0 Å². The Morgan fingerprint density at radius 1 is 1.20 bits per heavy atom. The van der Waals surface area contributed by atoms with Crippen molar-refractivity contribution in [1.82, 2.24) is 4.90 Å². The molecule has 3 rings (SSSR count). The summed E-state index contributed by atoms with van der Waals surface area (Å²) in [6.45, 7) is 3.44. The lowest BCUT2D eigenvalue weighted by molar-refractivity contribution is -0.143. The van der Waals surface area contributed by atoms with Crippen molar-refractivity contribution in [3.05, 3.63) is 29.6 Å². The normalized spacial score (nSPS) is 18.0. The lowest BCUT2D eigenvalue weighted by Gasteiger charge is -2.29. The van der Waals surface area contributed by atoms with Gasteiger partial charge in [0.05, 0.1) is 5.69 Å². The molecule has 0 aromatic heterocycles. The molecular weight excluding hydrogens is 391 g/mol. The first-order valence-electron chi connectivity index (χ1n) is 10.3. The zero-order valence-corrected chi connectivity index (χ0v) is 17.1. The van der Waals surface area contributed by atoms with Crippen molar-refractivity contribution in [2.75, 3.05) is 44.3 Å². The van der Waals surface area contributed by atoms with E-state index in [1.165, 1.54) is 0 Å². The number of anilines is 1. The van der Waals surface area contributed by atoms with Gasteiger partial charge in [-0.15, -0.1) is 0 Å². The molecule has 0 bridgehead atoms. The number of carbonyl (C=O) groups excluding carboxylic acids is 2. The third kappa shape index (κ3) is 5.69. The number of rotatable bonds is 6. The van der Waals surface area contributed by atoms with Gasteiger partial charge in [0.2, 0.25) is 5.91 Å². The molecule has 0 saturated carbocycles. The van der Waals surface area contributed by atoms with Crippen LogP contribution in [0.2, 0.25) is 0 Å². The molecule has 0 radical (unpaired) electrons. The van der Waals surface area contributed by atoms with E-state index in [4.69, 9.17) is 20.6 Å². The van der Waals surface area contributed by atoms with Crippen molar-refractivity contribution < 1.29 is 23.5 Å². The van der Waals surface area contributed by atoms with Crippen LogP contribution in [0, 0.1) is 17.1 Å². The number of amidine groups is 1. The van der Waals surface area contributed by atoms with E-state index in [2.05, 4.69) is 0 Å². The number of halogens is 1. The van der Waals surface area contributed by atoms with Crippen LogP contribution in [0.1, 0.15) is 31.2 Å². The van der Waals surface area contributed by atoms with Gasteiger partial charge in [-0.2, -0.15) is 0 Å². The zero-order valence-electron chi connectivity index (χ0n) is 17.1. The summed E-state index contributed by atoms with van der Waals surface area (Å²) in [5.41, 5.74) is 5.88. The van der Waals surface area contributed by atoms with E-state index in [0.717, 1.165) is 19.3 Å². The third-order valence-electron chi connectivity index (χ3n) is 5.50. The van der Waals surface area contributed by atoms with E-state index in [-0.39, 0.29) is 36.3 Å². The summed E-state index contributed by atoms with van der Waals surface area (Å²) in [5.74, 6) is -1.19. The second-order valence-electron chi connectivity index (χ2n) is 7.67. The van der Waals surface area contributed by atoms with Crippen LogP contribution in [0.5, 0.6) is 0 Å². The minimum absolute atomic E-state index is 0.0232. The van der Waals surface area contributed by atoms with E-state index in [1.807, 2.05) is 9.80 Å². The maximum Gasteiger partial charge on any atom is 0.313 e. The number of carbonyl (C=O) groups is 2. The Labute approximate surface area is 175 Å². The maximum absolute atomic E-state index is 15.1. The third-order valence-corrected chi connectivity index (χ3v) is 5.50. The van der Waals surface area contributed by atoms with E-state index in [0.29, 0.717) is 45.1 Å². The summed E-state index contributed by atoms with van der Waals surface area (Å²) < 4.78 is 25.4. The van der Waals surface area contributed by atoms with Crippen LogP contribution < -0.4 is 10.6 Å². The van der Waals surface area contributed by atoms with Crippen molar-refractivity contribution in [3.8, 4) is 0 Å². The predicted octanol–water partition coefficient (Wildman–Crippen LogP) is 1.66. The number of hydrogen-bond donors (Lipinski definition) is 2. The van der Waals surface area contributed by atoms with Crippen LogP contribution in [0.15, 0.2) is 18.2 Å². The number of hydrogen-bond acceptors (Lipinski definition) is 6. The average molecular weight is 420 g/mol. The molecule has 30 heavy (non-hydrogen) atoms. The highest BCUT2D eigenvalue weighted by Crippen LogP contribution is 2.25. The monoisotopic (exact) mass is 420 g/mol. The van der Waals surface area contributed by atoms with Crippen LogP contribution in [0.25, 0.3) is 0 Å². The molecule has 2 aliphatic rings. The molecule has 2 heterocycles. The Morgan fingerprint density at radius 2 is 1.97 bits per heavy atom. The number of benzene rings is 1. The fourth-order valence-corrected chi connectivity index (χ4v) is 3.87. The zero-order chi connectivity index (χ0) is 21.5. The predicted molar refractivity (Wildman–Crippen MR) is 110 cm³/mol. The highest BCUT2D eigenvalue weighted by molar-refractivity contribution is 5.94. The highest BCUT2D eigenvalue weighted by atomic mass is 19.1. The summed E-state index contributed by atoms with van der Waals surface area (Å²) in [5, 5.41) is 7.11. The Bertz CT molecular complexity index is 782. The van der Waals surface area contributed by atoms with Crippen LogP contribution in [0.4, 0.5) is 10.1 Å². The molecule has 0 spiro atoms. The second kappa shape index (κ2) is 10.4. The molecule has 1 aromatic carbocycles. The van der Waals surface area contributed by atoms with Crippen molar-refractivity contribution in [3.63, 3.8) is 0 Å². The van der Waals surface area contributed by atoms with Gasteiger partial charge in [-0.05, 0) is 25.3 Å². The molecule has 1 amide bonds. The van der Waals surface area contributed by atoms with E-state index in [1.54, 1.807) is 18.2 Å². The Hall–Kier alpha value is -2.68. The Balaban J connectivity index is 1.61. The van der Waals surface area contributed by atoms with Gasteiger partial charge < -0.3 is 25.0 Å². The largest absolute Gasteiger partial charge is 0.460 e. The first kappa shape index (κ1) is 22.0. The van der Waals surface area contributed by atoms with Gasteiger partial charge >= 0.3 is 5.97 Å². The molecular formula is C21H29FN4O4. The summed E-state index contributed by atoms with van der Waals surface area (Å²) in [6, 6.07) is 4.99. The molecule has 0 aliphatic carbocycles. The fourth-order valence-electron chi connectivity index (χ4n) is 3.87. The fraction of sp³-hybridized carbons (Fsp3) is 0.571. The van der Waals surface area contributed by atoms with Crippen LogP contribution >= 0.6 is 0 Å². The minimum atomic E-state index is -0.663. The molecule has 2 aliphatic heterocycles. The number of ether oxygens (including phenoxy) is 2. The van der Waals surface area contributed by atoms with E-state index in [9.17, 15) is 9.59 Å². The molecule has 9 heteroatoms. The lowest BCUT2D eigenvalue weighted by Crippen LogP contribution is -2.40. The minimum Gasteiger partial charge on any atom is -0.460 e. The molecule has 3 N–H and O–H groups in total. The summed E-state index contributed by atoms with van der Waals surface area (Å²) in [6.07, 6.45) is 1.97. The average Bonchev–Trinajstić information content (AvgIpc) is 2.99. The topological polar surface area (TPSA) is 109 Å². The second-order valence-corrected chi connectivity index (χ2v) is 7.67. The highest BCUT2D eigenvalue weighted by Gasteiger charge is 2.28. The molecule has 8 nitrogen and oxygen atoms in total. The number of esters is 1. The molecule has 2 saturated heterocycles. The number of nitrogens with one attached hydrogen (secondary N) is 1. The van der Waals surface area contributed by atoms with Gasteiger partial charge in [0.1, 0.15) is 18.9 Å². The molecule has 164 valence electrons. The smallest absolute Gasteiger partial charge is 0.313 e. The Kier molecular flexibility index (Phi) is 7.62. The van der Waals surface area contributed by atoms with Crippen LogP contribution in [-0.4, -0.2) is 62.0 Å². The van der Waals surface area contributed by atoms with Crippen molar-refractivity contribution >= 4 is 23.4 Å². The molecule has 1 aromatic rings. The first-order chi connectivity index (χ1) is 14.5. The van der Waals surface area contributed by atoms with Crippen LogP contribution in [-0.2, 0) is 25.7 Å². The molecule has 0 unspecified atom stereocenters. The first-order valence-corrected chi connectivity index (χ1v) is 10.3. The maximum atomic E-state index is 15.1. The van der Waals surface area contributed by atoms with Crippen molar-refractivity contribution in [2.24, 2.45) is 11.7 Å². The van der Waals surface area contributed by atoms with Crippen molar-refractivity contribution in [2.45, 2.75) is 32.3 Å². The summed E-state index contributed by atoms with van der Waals surface area (Å²) >= 11 is 0.